The topological polar surface area (TPSA) is 61.4 Å². The minimum atomic E-state index is -0.00212. The highest BCUT2D eigenvalue weighted by molar-refractivity contribution is 5.85. The summed E-state index contributed by atoms with van der Waals surface area (Å²) < 4.78 is 0. The molecule has 1 aromatic heterocycles. The standard InChI is InChI=1S/C19H25N5O.2ClH/c1-15(18-6-4-17(5-7-18)14-22-16(2)25)23-10-12-24(13-11-23)19-20-8-3-9-21-19;;/h3-9,15H,10-14H2,1-2H3,(H,22,25);2*1H. The van der Waals surface area contributed by atoms with Crippen LogP contribution in [0.25, 0.3) is 0 Å². The number of halogens is 2. The Morgan fingerprint density at radius 1 is 1.07 bits per heavy atom. The van der Waals surface area contributed by atoms with E-state index in [4.69, 9.17) is 0 Å². The van der Waals surface area contributed by atoms with Crippen LogP contribution in [0.4, 0.5) is 5.95 Å². The molecule has 1 amide bonds. The number of carbonyl (C=O) groups excluding carboxylic acids is 1. The maximum atomic E-state index is 11.0. The van der Waals surface area contributed by atoms with Gasteiger partial charge in [0.25, 0.3) is 0 Å². The smallest absolute Gasteiger partial charge is 0.225 e. The summed E-state index contributed by atoms with van der Waals surface area (Å²) in [5.41, 5.74) is 2.42. The Morgan fingerprint density at radius 2 is 1.67 bits per heavy atom. The van der Waals surface area contributed by atoms with E-state index in [2.05, 4.69) is 56.3 Å². The second kappa shape index (κ2) is 11.1. The first-order valence-electron chi connectivity index (χ1n) is 8.73. The Kier molecular flexibility index (Phi) is 9.49. The highest BCUT2D eigenvalue weighted by Crippen LogP contribution is 2.23. The van der Waals surface area contributed by atoms with Crippen LogP contribution < -0.4 is 10.2 Å². The quantitative estimate of drug-likeness (QED) is 0.819. The van der Waals surface area contributed by atoms with Crippen LogP contribution >= 0.6 is 24.8 Å². The maximum absolute atomic E-state index is 11.0. The summed E-state index contributed by atoms with van der Waals surface area (Å²) in [5, 5.41) is 2.83. The second-order valence-corrected chi connectivity index (χ2v) is 6.40. The fourth-order valence-corrected chi connectivity index (χ4v) is 3.12. The van der Waals surface area contributed by atoms with Crippen molar-refractivity contribution in [3.8, 4) is 0 Å². The van der Waals surface area contributed by atoms with Crippen LogP contribution in [0.5, 0.6) is 0 Å². The molecule has 0 radical (unpaired) electrons. The first kappa shape index (κ1) is 23.1. The molecule has 3 rings (SSSR count). The van der Waals surface area contributed by atoms with E-state index in [0.29, 0.717) is 12.6 Å². The lowest BCUT2D eigenvalue weighted by molar-refractivity contribution is -0.119. The molecular weight excluding hydrogens is 385 g/mol. The van der Waals surface area contributed by atoms with Crippen molar-refractivity contribution in [2.24, 2.45) is 0 Å². The van der Waals surface area contributed by atoms with Gasteiger partial charge in [-0.3, -0.25) is 9.69 Å². The first-order chi connectivity index (χ1) is 12.1. The predicted octanol–water partition coefficient (Wildman–Crippen LogP) is 2.84. The molecule has 0 aliphatic carbocycles. The number of nitrogens with zero attached hydrogens (tertiary/aromatic N) is 4. The molecule has 1 aliphatic heterocycles. The SMILES string of the molecule is CC(=O)NCc1ccc(C(C)N2CCN(c3ncccn3)CC2)cc1.Cl.Cl. The molecule has 1 fully saturated rings. The lowest BCUT2D eigenvalue weighted by Crippen LogP contribution is -2.47. The molecule has 6 nitrogen and oxygen atoms in total. The van der Waals surface area contributed by atoms with Crippen molar-refractivity contribution in [2.45, 2.75) is 26.4 Å². The average Bonchev–Trinajstić information content (AvgIpc) is 2.67. The summed E-state index contributed by atoms with van der Waals surface area (Å²) in [6, 6.07) is 10.7. The molecule has 1 unspecified atom stereocenters. The molecule has 1 atom stereocenters. The first-order valence-corrected chi connectivity index (χ1v) is 8.73. The number of anilines is 1. The van der Waals surface area contributed by atoms with Gasteiger partial charge in [0.1, 0.15) is 0 Å². The van der Waals surface area contributed by atoms with Crippen molar-refractivity contribution in [3.05, 3.63) is 53.9 Å². The van der Waals surface area contributed by atoms with Crippen LogP contribution in [-0.4, -0.2) is 47.0 Å². The van der Waals surface area contributed by atoms with Crippen molar-refractivity contribution in [1.29, 1.82) is 0 Å². The molecular formula is C19H27Cl2N5O. The molecule has 1 aromatic carbocycles. The summed E-state index contributed by atoms with van der Waals surface area (Å²) >= 11 is 0. The normalized spacial score (nSPS) is 15.3. The van der Waals surface area contributed by atoms with Gasteiger partial charge in [-0.25, -0.2) is 9.97 Å². The zero-order valence-corrected chi connectivity index (χ0v) is 17.3. The highest BCUT2D eigenvalue weighted by atomic mass is 35.5. The van der Waals surface area contributed by atoms with Crippen LogP contribution in [0.15, 0.2) is 42.7 Å². The van der Waals surface area contributed by atoms with Gasteiger partial charge in [0, 0.05) is 58.1 Å². The lowest BCUT2D eigenvalue weighted by Gasteiger charge is -2.38. The molecule has 1 aliphatic rings. The summed E-state index contributed by atoms with van der Waals surface area (Å²) in [6.45, 7) is 8.23. The Morgan fingerprint density at radius 3 is 2.22 bits per heavy atom. The van der Waals surface area contributed by atoms with Crippen LogP contribution in [-0.2, 0) is 11.3 Å². The molecule has 8 heteroatoms. The number of nitrogens with one attached hydrogen (secondary N) is 1. The number of carbonyl (C=O) groups is 1. The van der Waals surface area contributed by atoms with E-state index in [-0.39, 0.29) is 30.7 Å². The van der Waals surface area contributed by atoms with Crippen molar-refractivity contribution in [2.75, 3.05) is 31.1 Å². The molecule has 1 saturated heterocycles. The molecule has 0 saturated carbocycles. The van der Waals surface area contributed by atoms with E-state index < -0.39 is 0 Å². The molecule has 0 spiro atoms. The molecule has 1 N–H and O–H groups in total. The fourth-order valence-electron chi connectivity index (χ4n) is 3.12. The van der Waals surface area contributed by atoms with E-state index in [1.54, 1.807) is 12.4 Å². The molecule has 27 heavy (non-hydrogen) atoms. The van der Waals surface area contributed by atoms with E-state index in [1.165, 1.54) is 12.5 Å². The second-order valence-electron chi connectivity index (χ2n) is 6.40. The van der Waals surface area contributed by atoms with E-state index in [9.17, 15) is 4.79 Å². The third-order valence-corrected chi connectivity index (χ3v) is 4.70. The van der Waals surface area contributed by atoms with Crippen molar-refractivity contribution >= 4 is 36.7 Å². The molecule has 148 valence electrons. The largest absolute Gasteiger partial charge is 0.352 e. The highest BCUT2D eigenvalue weighted by Gasteiger charge is 2.23. The van der Waals surface area contributed by atoms with Crippen LogP contribution in [0.3, 0.4) is 0 Å². The molecule has 0 bridgehead atoms. The Balaban J connectivity index is 0.00000182. The lowest BCUT2D eigenvalue weighted by atomic mass is 10.0. The van der Waals surface area contributed by atoms with Gasteiger partial charge in [0.05, 0.1) is 0 Å². The Bertz CT molecular complexity index is 691. The summed E-state index contributed by atoms with van der Waals surface area (Å²) in [5.74, 6) is 0.815. The van der Waals surface area contributed by atoms with E-state index >= 15 is 0 Å². The fraction of sp³-hybridized carbons (Fsp3) is 0.421. The van der Waals surface area contributed by atoms with Crippen molar-refractivity contribution < 1.29 is 4.79 Å². The minimum Gasteiger partial charge on any atom is -0.352 e. The van der Waals surface area contributed by atoms with Gasteiger partial charge in [-0.2, -0.15) is 0 Å². The van der Waals surface area contributed by atoms with Crippen LogP contribution in [0.1, 0.15) is 31.0 Å². The Hall–Kier alpha value is -1.89. The van der Waals surface area contributed by atoms with Gasteiger partial charge in [0.2, 0.25) is 11.9 Å². The summed E-state index contributed by atoms with van der Waals surface area (Å²) in [7, 11) is 0. The van der Waals surface area contributed by atoms with E-state index in [0.717, 1.165) is 37.7 Å². The minimum absolute atomic E-state index is 0. The molecule has 2 heterocycles. The van der Waals surface area contributed by atoms with Gasteiger partial charge in [-0.1, -0.05) is 24.3 Å². The summed E-state index contributed by atoms with van der Waals surface area (Å²) in [4.78, 5) is 24.4. The number of rotatable bonds is 5. The van der Waals surface area contributed by atoms with Gasteiger partial charge in [0.15, 0.2) is 0 Å². The van der Waals surface area contributed by atoms with Crippen molar-refractivity contribution in [1.82, 2.24) is 20.2 Å². The number of amides is 1. The zero-order chi connectivity index (χ0) is 17.6. The Labute approximate surface area is 173 Å². The predicted molar refractivity (Wildman–Crippen MR) is 113 cm³/mol. The number of hydrogen-bond acceptors (Lipinski definition) is 5. The maximum Gasteiger partial charge on any atom is 0.225 e. The van der Waals surface area contributed by atoms with Crippen LogP contribution in [0, 0.1) is 0 Å². The van der Waals surface area contributed by atoms with Gasteiger partial charge in [-0.05, 0) is 24.1 Å². The van der Waals surface area contributed by atoms with E-state index in [1.807, 2.05) is 6.07 Å². The number of benzene rings is 1. The van der Waals surface area contributed by atoms with Gasteiger partial charge < -0.3 is 10.2 Å². The molecule has 2 aromatic rings. The van der Waals surface area contributed by atoms with Crippen molar-refractivity contribution in [3.63, 3.8) is 0 Å². The van der Waals surface area contributed by atoms with Gasteiger partial charge >= 0.3 is 0 Å². The average molecular weight is 412 g/mol. The third kappa shape index (κ3) is 6.34. The van der Waals surface area contributed by atoms with Crippen LogP contribution in [0.2, 0.25) is 0 Å². The van der Waals surface area contributed by atoms with Gasteiger partial charge in [-0.15, -0.1) is 24.8 Å². The number of aromatic nitrogens is 2. The number of piperazine rings is 1. The third-order valence-electron chi connectivity index (χ3n) is 4.70. The monoisotopic (exact) mass is 411 g/mol. The number of hydrogen-bond donors (Lipinski definition) is 1. The zero-order valence-electron chi connectivity index (χ0n) is 15.7. The summed E-state index contributed by atoms with van der Waals surface area (Å²) in [6.07, 6.45) is 3.58.